The molecular formula is C17H13BrN2O3. The summed E-state index contributed by atoms with van der Waals surface area (Å²) in [5, 5.41) is 1.68. The van der Waals surface area contributed by atoms with E-state index in [9.17, 15) is 14.4 Å². The number of aldehydes is 1. The van der Waals surface area contributed by atoms with Gasteiger partial charge in [-0.2, -0.15) is 0 Å². The summed E-state index contributed by atoms with van der Waals surface area (Å²) in [5.74, 6) is 0. The molecule has 2 aromatic carbocycles. The van der Waals surface area contributed by atoms with Crippen molar-refractivity contribution in [2.75, 3.05) is 0 Å². The first-order chi connectivity index (χ1) is 11.0. The number of hydrogen-bond acceptors (Lipinski definition) is 3. The molecule has 0 radical (unpaired) electrons. The molecule has 0 amide bonds. The molecule has 3 aromatic rings. The fourth-order valence-corrected chi connectivity index (χ4v) is 3.12. The van der Waals surface area contributed by atoms with Crippen LogP contribution in [0.4, 0.5) is 0 Å². The second kappa shape index (κ2) is 5.96. The minimum Gasteiger partial charge on any atom is -0.303 e. The van der Waals surface area contributed by atoms with Gasteiger partial charge in [0, 0.05) is 35.1 Å². The van der Waals surface area contributed by atoms with Crippen LogP contribution in [0.15, 0.2) is 56.7 Å². The highest BCUT2D eigenvalue weighted by atomic mass is 79.9. The van der Waals surface area contributed by atoms with E-state index < -0.39 is 11.2 Å². The number of halogens is 1. The molecule has 5 nitrogen and oxygen atoms in total. The summed E-state index contributed by atoms with van der Waals surface area (Å²) in [7, 11) is 1.56. The maximum Gasteiger partial charge on any atom is 0.335 e. The largest absolute Gasteiger partial charge is 0.335 e. The number of nitrogens with zero attached hydrogens (tertiary/aromatic N) is 2. The molecule has 1 heterocycles. The first kappa shape index (κ1) is 15.4. The fraction of sp³-hybridized carbons (Fsp3) is 0.118. The monoisotopic (exact) mass is 372 g/mol. The van der Waals surface area contributed by atoms with Crippen LogP contribution in [0, 0.1) is 0 Å². The van der Waals surface area contributed by atoms with Crippen molar-refractivity contribution in [3.8, 4) is 5.69 Å². The summed E-state index contributed by atoms with van der Waals surface area (Å²) >= 11 is 3.48. The van der Waals surface area contributed by atoms with Gasteiger partial charge < -0.3 is 9.36 Å². The molecule has 0 aliphatic carbocycles. The van der Waals surface area contributed by atoms with Crippen molar-refractivity contribution in [2.45, 2.75) is 6.42 Å². The lowest BCUT2D eigenvalue weighted by atomic mass is 10.1. The van der Waals surface area contributed by atoms with Crippen molar-refractivity contribution in [3.05, 3.63) is 73.5 Å². The molecule has 0 N–H and O–H groups in total. The quantitative estimate of drug-likeness (QED) is 0.662. The van der Waals surface area contributed by atoms with E-state index in [1.54, 1.807) is 19.2 Å². The molecule has 6 heteroatoms. The van der Waals surface area contributed by atoms with Crippen LogP contribution in [0.2, 0.25) is 0 Å². The first-order valence-electron chi connectivity index (χ1n) is 6.97. The molecule has 0 saturated carbocycles. The van der Waals surface area contributed by atoms with Crippen molar-refractivity contribution in [1.82, 2.24) is 9.13 Å². The van der Waals surface area contributed by atoms with Crippen molar-refractivity contribution < 1.29 is 4.79 Å². The Kier molecular flexibility index (Phi) is 4.00. The molecule has 0 aliphatic rings. The Hall–Kier alpha value is -2.47. The van der Waals surface area contributed by atoms with Crippen LogP contribution in [0.25, 0.3) is 16.5 Å². The standard InChI is InChI=1S/C17H13BrN2O3/c1-19-10-11(8-9-21)16(22)20(17(19)23)15-7-3-4-12-13(15)5-2-6-14(12)18/h2-7,9-10H,8H2,1H3. The smallest absolute Gasteiger partial charge is 0.303 e. The van der Waals surface area contributed by atoms with Crippen LogP contribution in [0.1, 0.15) is 5.56 Å². The van der Waals surface area contributed by atoms with Gasteiger partial charge in [0.25, 0.3) is 5.56 Å². The van der Waals surface area contributed by atoms with E-state index in [4.69, 9.17) is 0 Å². The lowest BCUT2D eigenvalue weighted by Crippen LogP contribution is -2.39. The Morgan fingerprint density at radius 3 is 2.52 bits per heavy atom. The van der Waals surface area contributed by atoms with Gasteiger partial charge in [0.15, 0.2) is 0 Å². The Morgan fingerprint density at radius 2 is 1.78 bits per heavy atom. The number of carbonyl (C=O) groups is 1. The van der Waals surface area contributed by atoms with E-state index in [1.165, 1.54) is 10.8 Å². The summed E-state index contributed by atoms with van der Waals surface area (Å²) in [6, 6.07) is 11.0. The highest BCUT2D eigenvalue weighted by molar-refractivity contribution is 9.10. The predicted molar refractivity (Wildman–Crippen MR) is 92.3 cm³/mol. The van der Waals surface area contributed by atoms with E-state index in [-0.39, 0.29) is 12.0 Å². The molecule has 0 bridgehead atoms. The van der Waals surface area contributed by atoms with Gasteiger partial charge in [0.05, 0.1) is 5.69 Å². The first-order valence-corrected chi connectivity index (χ1v) is 7.76. The van der Waals surface area contributed by atoms with Crippen LogP contribution in [0.3, 0.4) is 0 Å². The maximum atomic E-state index is 12.6. The zero-order chi connectivity index (χ0) is 16.6. The molecule has 23 heavy (non-hydrogen) atoms. The van der Waals surface area contributed by atoms with Crippen LogP contribution in [-0.4, -0.2) is 15.4 Å². The van der Waals surface area contributed by atoms with Gasteiger partial charge in [-0.25, -0.2) is 9.36 Å². The SMILES string of the molecule is Cn1cc(CC=O)c(=O)n(-c2cccc3c(Br)cccc23)c1=O. The van der Waals surface area contributed by atoms with E-state index in [0.717, 1.165) is 19.8 Å². The second-order valence-electron chi connectivity index (χ2n) is 5.17. The molecule has 0 unspecified atom stereocenters. The molecule has 1 aromatic heterocycles. The van der Waals surface area contributed by atoms with Gasteiger partial charge in [-0.1, -0.05) is 40.2 Å². The topological polar surface area (TPSA) is 61.1 Å². The van der Waals surface area contributed by atoms with E-state index in [1.807, 2.05) is 24.3 Å². The molecule has 3 rings (SSSR count). The molecule has 0 saturated heterocycles. The number of fused-ring (bicyclic) bond motifs is 1. The molecule has 0 aliphatic heterocycles. The summed E-state index contributed by atoms with van der Waals surface area (Å²) in [5.41, 5.74) is -0.124. The zero-order valence-corrected chi connectivity index (χ0v) is 13.9. The molecule has 0 spiro atoms. The molecule has 0 fully saturated rings. The van der Waals surface area contributed by atoms with Gasteiger partial charge in [-0.3, -0.25) is 4.79 Å². The predicted octanol–water partition coefficient (Wildman–Crippen LogP) is 2.19. The average Bonchev–Trinajstić information content (AvgIpc) is 2.54. The van der Waals surface area contributed by atoms with Crippen LogP contribution >= 0.6 is 15.9 Å². The number of aryl methyl sites for hydroxylation is 1. The van der Waals surface area contributed by atoms with E-state index >= 15 is 0 Å². The number of benzene rings is 2. The maximum absolute atomic E-state index is 12.6. The third-order valence-electron chi connectivity index (χ3n) is 3.71. The molecule has 116 valence electrons. The highest BCUT2D eigenvalue weighted by Gasteiger charge is 2.14. The van der Waals surface area contributed by atoms with Crippen molar-refractivity contribution in [1.29, 1.82) is 0 Å². The Bertz CT molecular complexity index is 1030. The summed E-state index contributed by atoms with van der Waals surface area (Å²) in [6.07, 6.45) is 2.04. The lowest BCUT2D eigenvalue weighted by Gasteiger charge is -2.12. The Labute approximate surface area is 139 Å². The number of carbonyl (C=O) groups excluding carboxylic acids is 1. The number of aromatic nitrogens is 2. The minimum absolute atomic E-state index is 0.0264. The third-order valence-corrected chi connectivity index (χ3v) is 4.40. The van der Waals surface area contributed by atoms with Gasteiger partial charge >= 0.3 is 5.69 Å². The van der Waals surface area contributed by atoms with Gasteiger partial charge in [-0.05, 0) is 17.5 Å². The highest BCUT2D eigenvalue weighted by Crippen LogP contribution is 2.27. The average molecular weight is 373 g/mol. The lowest BCUT2D eigenvalue weighted by molar-refractivity contribution is -0.107. The van der Waals surface area contributed by atoms with Crippen molar-refractivity contribution >= 4 is 33.0 Å². The fourth-order valence-electron chi connectivity index (χ4n) is 2.62. The molecule has 0 atom stereocenters. The van der Waals surface area contributed by atoms with Gasteiger partial charge in [0.2, 0.25) is 0 Å². The van der Waals surface area contributed by atoms with Gasteiger partial charge in [-0.15, -0.1) is 0 Å². The van der Waals surface area contributed by atoms with Crippen LogP contribution < -0.4 is 11.2 Å². The summed E-state index contributed by atoms with van der Waals surface area (Å²) < 4.78 is 3.32. The third kappa shape index (κ3) is 2.55. The van der Waals surface area contributed by atoms with E-state index in [2.05, 4.69) is 15.9 Å². The van der Waals surface area contributed by atoms with Crippen LogP contribution in [0.5, 0.6) is 0 Å². The second-order valence-corrected chi connectivity index (χ2v) is 6.03. The normalized spacial score (nSPS) is 10.9. The zero-order valence-electron chi connectivity index (χ0n) is 12.3. The van der Waals surface area contributed by atoms with Gasteiger partial charge in [0.1, 0.15) is 6.29 Å². The summed E-state index contributed by atoms with van der Waals surface area (Å²) in [6.45, 7) is 0. The minimum atomic E-state index is -0.465. The molecular weight excluding hydrogens is 360 g/mol. The van der Waals surface area contributed by atoms with Crippen molar-refractivity contribution in [3.63, 3.8) is 0 Å². The van der Waals surface area contributed by atoms with E-state index in [0.29, 0.717) is 12.0 Å². The van der Waals surface area contributed by atoms with Crippen molar-refractivity contribution in [2.24, 2.45) is 7.05 Å². The van der Waals surface area contributed by atoms with Crippen LogP contribution in [-0.2, 0) is 18.3 Å². The Balaban J connectivity index is 2.45. The number of hydrogen-bond donors (Lipinski definition) is 0. The Morgan fingerprint density at radius 1 is 1.09 bits per heavy atom. The number of rotatable bonds is 3. The summed E-state index contributed by atoms with van der Waals surface area (Å²) in [4.78, 5) is 35.9.